The Morgan fingerprint density at radius 2 is 0.812 bits per heavy atom. The summed E-state index contributed by atoms with van der Waals surface area (Å²) in [6, 6.07) is 0. The van der Waals surface area contributed by atoms with Crippen LogP contribution in [0.2, 0.25) is 0 Å². The van der Waals surface area contributed by atoms with Crippen molar-refractivity contribution < 1.29 is 0 Å². The Hall–Kier alpha value is 0. The molecule has 0 unspecified atom stereocenters. The molecule has 0 aromatic rings. The van der Waals surface area contributed by atoms with Crippen molar-refractivity contribution in [1.29, 1.82) is 0 Å². The van der Waals surface area contributed by atoms with Gasteiger partial charge in [-0.1, -0.05) is 104 Å². The lowest BCUT2D eigenvalue weighted by molar-refractivity contribution is 0.538. The first-order valence-corrected chi connectivity index (χ1v) is 7.91. The van der Waals surface area contributed by atoms with E-state index < -0.39 is 0 Å². The van der Waals surface area contributed by atoms with Crippen molar-refractivity contribution in [2.24, 2.45) is 0 Å². The van der Waals surface area contributed by atoms with Crippen LogP contribution in [0.15, 0.2) is 0 Å². The van der Waals surface area contributed by atoms with E-state index in [1.165, 1.54) is 89.9 Å². The van der Waals surface area contributed by atoms with Gasteiger partial charge < -0.3 is 0 Å². The minimum absolute atomic E-state index is 1.37. The van der Waals surface area contributed by atoms with E-state index in [9.17, 15) is 0 Å². The van der Waals surface area contributed by atoms with Crippen molar-refractivity contribution in [1.82, 2.24) is 0 Å². The van der Waals surface area contributed by atoms with Crippen LogP contribution in [-0.2, 0) is 0 Å². The Kier molecular flexibility index (Phi) is 15.0. The first-order valence-electron chi connectivity index (χ1n) is 7.91. The van der Waals surface area contributed by atoms with E-state index in [0.717, 1.165) is 0 Å². The fourth-order valence-electron chi connectivity index (χ4n) is 2.27. The number of hydrogen-bond acceptors (Lipinski definition) is 0. The lowest BCUT2D eigenvalue weighted by Gasteiger charge is -2.02. The normalized spacial score (nSPS) is 10.9. The SMILES string of the molecule is CCCCCCCCCCCCCCC[14CH3]. The Bertz CT molecular complexity index is 92.6. The highest BCUT2D eigenvalue weighted by molar-refractivity contribution is 4.48. The van der Waals surface area contributed by atoms with Gasteiger partial charge in [0.25, 0.3) is 0 Å². The minimum atomic E-state index is 1.37. The second kappa shape index (κ2) is 15.0. The van der Waals surface area contributed by atoms with Crippen molar-refractivity contribution >= 4 is 0 Å². The van der Waals surface area contributed by atoms with E-state index in [0.29, 0.717) is 0 Å². The van der Waals surface area contributed by atoms with Gasteiger partial charge in [-0.05, 0) is 0 Å². The molecule has 0 bridgehead atoms. The van der Waals surface area contributed by atoms with E-state index in [-0.39, 0.29) is 0 Å². The van der Waals surface area contributed by atoms with Crippen molar-refractivity contribution in [2.45, 2.75) is 104 Å². The van der Waals surface area contributed by atoms with E-state index in [1.807, 2.05) is 0 Å². The highest BCUT2D eigenvalue weighted by atomic mass is 14.5. The fraction of sp³-hybridized carbons (Fsp3) is 1.00. The smallest absolute Gasteiger partial charge is 0.0533 e. The molecule has 0 rings (SSSR count). The van der Waals surface area contributed by atoms with Crippen LogP contribution in [0.5, 0.6) is 0 Å². The number of unbranched alkanes of at least 4 members (excludes halogenated alkanes) is 13. The zero-order valence-corrected chi connectivity index (χ0v) is 11.9. The summed E-state index contributed by atoms with van der Waals surface area (Å²) in [6.07, 6.45) is 20.4. The lowest BCUT2D eigenvalue weighted by Crippen LogP contribution is -1.82. The molecule has 0 aliphatic carbocycles. The van der Waals surface area contributed by atoms with E-state index >= 15 is 0 Å². The monoisotopic (exact) mass is 228 g/mol. The summed E-state index contributed by atoms with van der Waals surface area (Å²) in [7, 11) is 0. The van der Waals surface area contributed by atoms with Crippen molar-refractivity contribution in [3.8, 4) is 0 Å². The van der Waals surface area contributed by atoms with Crippen LogP contribution in [0.25, 0.3) is 0 Å². The van der Waals surface area contributed by atoms with Gasteiger partial charge in [0.15, 0.2) is 0 Å². The van der Waals surface area contributed by atoms with Crippen molar-refractivity contribution in [3.05, 3.63) is 0 Å². The number of hydrogen-bond donors (Lipinski definition) is 0. The second-order valence-corrected chi connectivity index (χ2v) is 5.24. The quantitative estimate of drug-likeness (QED) is 0.316. The van der Waals surface area contributed by atoms with Crippen LogP contribution in [0, 0.1) is 0 Å². The first kappa shape index (κ1) is 16.0. The minimum Gasteiger partial charge on any atom is -0.0654 e. The summed E-state index contributed by atoms with van der Waals surface area (Å²) >= 11 is 0. The molecule has 0 saturated carbocycles. The van der Waals surface area contributed by atoms with Crippen LogP contribution in [-0.4, -0.2) is 0 Å². The van der Waals surface area contributed by atoms with Gasteiger partial charge in [-0.3, -0.25) is 0 Å². The van der Waals surface area contributed by atoms with Crippen LogP contribution >= 0.6 is 0 Å². The molecule has 0 aromatic carbocycles. The largest absolute Gasteiger partial charge is 0.0654 e. The molecule has 0 heteroatoms. The lowest BCUT2D eigenvalue weighted by atomic mass is 10.0. The maximum Gasteiger partial charge on any atom is -0.0533 e. The zero-order chi connectivity index (χ0) is 11.9. The zero-order valence-electron chi connectivity index (χ0n) is 11.9. The summed E-state index contributed by atoms with van der Waals surface area (Å²) in [4.78, 5) is 0. The molecule has 98 valence electrons. The van der Waals surface area contributed by atoms with Gasteiger partial charge in [-0.15, -0.1) is 0 Å². The first-order chi connectivity index (χ1) is 7.91. The molecule has 0 radical (unpaired) electrons. The van der Waals surface area contributed by atoms with Crippen molar-refractivity contribution in [2.75, 3.05) is 0 Å². The fourth-order valence-corrected chi connectivity index (χ4v) is 2.27. The molecule has 0 fully saturated rings. The van der Waals surface area contributed by atoms with E-state index in [1.54, 1.807) is 0 Å². The average Bonchev–Trinajstić information content (AvgIpc) is 2.31. The molecule has 0 aromatic heterocycles. The van der Waals surface area contributed by atoms with E-state index in [2.05, 4.69) is 13.8 Å². The summed E-state index contributed by atoms with van der Waals surface area (Å²) < 4.78 is 0. The third-order valence-electron chi connectivity index (χ3n) is 3.46. The molecule has 0 amide bonds. The molecule has 16 heavy (non-hydrogen) atoms. The molecule has 0 atom stereocenters. The molecule has 0 spiro atoms. The van der Waals surface area contributed by atoms with Gasteiger partial charge in [0.2, 0.25) is 0 Å². The highest BCUT2D eigenvalue weighted by Crippen LogP contribution is 2.12. The Balaban J connectivity index is 2.83. The van der Waals surface area contributed by atoms with Crippen LogP contribution < -0.4 is 0 Å². The van der Waals surface area contributed by atoms with Gasteiger partial charge in [0.05, 0.1) is 0 Å². The Morgan fingerprint density at radius 1 is 0.500 bits per heavy atom. The van der Waals surface area contributed by atoms with Gasteiger partial charge in [-0.25, -0.2) is 0 Å². The molecule has 0 N–H and O–H groups in total. The molecule has 0 aliphatic rings. The standard InChI is InChI=1S/C16H34/c1-3-5-7-9-11-13-15-16-14-12-10-8-6-4-2/h3-16H2,1-2H3/i1+2. The van der Waals surface area contributed by atoms with Gasteiger partial charge >= 0.3 is 0 Å². The predicted molar refractivity (Wildman–Crippen MR) is 76.0 cm³/mol. The third-order valence-corrected chi connectivity index (χ3v) is 3.46. The van der Waals surface area contributed by atoms with Gasteiger partial charge in [0.1, 0.15) is 0 Å². The second-order valence-electron chi connectivity index (χ2n) is 5.24. The highest BCUT2D eigenvalue weighted by Gasteiger charge is 1.92. The summed E-state index contributed by atoms with van der Waals surface area (Å²) in [5, 5.41) is 0. The maximum atomic E-state index is 2.29. The molecular weight excluding hydrogens is 194 g/mol. The maximum absolute atomic E-state index is 2.29. The summed E-state index contributed by atoms with van der Waals surface area (Å²) in [6.45, 7) is 4.58. The molecule has 0 heterocycles. The molecular formula is C16H34. The predicted octanol–water partition coefficient (Wildman–Crippen LogP) is 6.49. The Morgan fingerprint density at radius 3 is 1.12 bits per heavy atom. The topological polar surface area (TPSA) is 0 Å². The van der Waals surface area contributed by atoms with Crippen molar-refractivity contribution in [3.63, 3.8) is 0 Å². The third kappa shape index (κ3) is 14.0. The molecule has 0 saturated heterocycles. The van der Waals surface area contributed by atoms with Gasteiger partial charge in [-0.2, -0.15) is 0 Å². The summed E-state index contributed by atoms with van der Waals surface area (Å²) in [5.74, 6) is 0. The Labute approximate surface area is 104 Å². The van der Waals surface area contributed by atoms with Gasteiger partial charge in [0, 0.05) is 0 Å². The number of rotatable bonds is 13. The van der Waals surface area contributed by atoms with Crippen LogP contribution in [0.3, 0.4) is 0 Å². The summed E-state index contributed by atoms with van der Waals surface area (Å²) in [5.41, 5.74) is 0. The van der Waals surface area contributed by atoms with Crippen LogP contribution in [0.1, 0.15) is 104 Å². The molecule has 0 nitrogen and oxygen atoms in total. The van der Waals surface area contributed by atoms with E-state index in [4.69, 9.17) is 0 Å². The molecule has 0 aliphatic heterocycles. The van der Waals surface area contributed by atoms with Crippen LogP contribution in [0.4, 0.5) is 0 Å². The average molecular weight is 228 g/mol.